The van der Waals surface area contributed by atoms with Gasteiger partial charge in [-0.15, -0.1) is 0 Å². The SMILES string of the molecule is C=Nc1cc(Br)ccc1/C(C)=C\C. The molecule has 1 aromatic rings. The fourth-order valence-corrected chi connectivity index (χ4v) is 1.47. The largest absolute Gasteiger partial charge is 0.264 e. The highest BCUT2D eigenvalue weighted by atomic mass is 79.9. The molecule has 0 unspecified atom stereocenters. The molecule has 0 atom stereocenters. The molecule has 13 heavy (non-hydrogen) atoms. The van der Waals surface area contributed by atoms with E-state index in [0.29, 0.717) is 0 Å². The minimum atomic E-state index is 0.921. The molecule has 0 spiro atoms. The van der Waals surface area contributed by atoms with Gasteiger partial charge in [-0.05, 0) is 38.3 Å². The van der Waals surface area contributed by atoms with Crippen LogP contribution < -0.4 is 0 Å². The third-order valence-corrected chi connectivity index (χ3v) is 2.48. The van der Waals surface area contributed by atoms with Crippen LogP contribution in [0.3, 0.4) is 0 Å². The van der Waals surface area contributed by atoms with E-state index in [-0.39, 0.29) is 0 Å². The number of benzene rings is 1. The van der Waals surface area contributed by atoms with Gasteiger partial charge in [0.25, 0.3) is 0 Å². The van der Waals surface area contributed by atoms with Gasteiger partial charge in [0.2, 0.25) is 0 Å². The van der Waals surface area contributed by atoms with E-state index in [1.54, 1.807) is 0 Å². The number of halogens is 1. The third kappa shape index (κ3) is 2.28. The summed E-state index contributed by atoms with van der Waals surface area (Å²) in [5, 5.41) is 0. The Labute approximate surface area is 87.3 Å². The Kier molecular flexibility index (Phi) is 3.43. The molecule has 0 bridgehead atoms. The van der Waals surface area contributed by atoms with Crippen molar-refractivity contribution in [1.82, 2.24) is 0 Å². The van der Waals surface area contributed by atoms with Gasteiger partial charge in [0.1, 0.15) is 0 Å². The van der Waals surface area contributed by atoms with Gasteiger partial charge >= 0.3 is 0 Å². The van der Waals surface area contributed by atoms with Crippen LogP contribution in [0, 0.1) is 0 Å². The summed E-state index contributed by atoms with van der Waals surface area (Å²) in [4.78, 5) is 3.98. The lowest BCUT2D eigenvalue weighted by molar-refractivity contribution is 1.46. The Bertz CT molecular complexity index is 353. The maximum absolute atomic E-state index is 3.98. The van der Waals surface area contributed by atoms with Gasteiger partial charge in [0.05, 0.1) is 5.69 Å². The number of aliphatic imine (C=N–C) groups is 1. The molecule has 0 heterocycles. The second kappa shape index (κ2) is 4.38. The van der Waals surface area contributed by atoms with Gasteiger partial charge in [0, 0.05) is 10.0 Å². The lowest BCUT2D eigenvalue weighted by atomic mass is 10.1. The molecule has 0 fully saturated rings. The molecular weight excluding hydrogens is 226 g/mol. The summed E-state index contributed by atoms with van der Waals surface area (Å²) < 4.78 is 1.03. The zero-order valence-corrected chi connectivity index (χ0v) is 9.43. The predicted molar refractivity (Wildman–Crippen MR) is 62.7 cm³/mol. The smallest absolute Gasteiger partial charge is 0.0708 e. The summed E-state index contributed by atoms with van der Waals surface area (Å²) in [6, 6.07) is 6.02. The van der Waals surface area contributed by atoms with Crippen LogP contribution in [0.5, 0.6) is 0 Å². The highest BCUT2D eigenvalue weighted by Gasteiger charge is 2.01. The Morgan fingerprint density at radius 2 is 2.23 bits per heavy atom. The lowest BCUT2D eigenvalue weighted by Gasteiger charge is -2.05. The van der Waals surface area contributed by atoms with Gasteiger partial charge in [-0.25, -0.2) is 0 Å². The predicted octanol–water partition coefficient (Wildman–Crippen LogP) is 4.20. The number of allylic oxidation sites excluding steroid dienone is 2. The second-order valence-electron chi connectivity index (χ2n) is 2.79. The van der Waals surface area contributed by atoms with Crippen molar-refractivity contribution in [2.45, 2.75) is 13.8 Å². The molecule has 0 N–H and O–H groups in total. The first-order valence-corrected chi connectivity index (χ1v) is 4.88. The summed E-state index contributed by atoms with van der Waals surface area (Å²) in [5.74, 6) is 0. The molecule has 1 rings (SSSR count). The van der Waals surface area contributed by atoms with E-state index in [2.05, 4.69) is 40.6 Å². The van der Waals surface area contributed by atoms with Crippen molar-refractivity contribution in [3.63, 3.8) is 0 Å². The Morgan fingerprint density at radius 1 is 1.54 bits per heavy atom. The van der Waals surface area contributed by atoms with Crippen LogP contribution in [0.2, 0.25) is 0 Å². The summed E-state index contributed by atoms with van der Waals surface area (Å²) in [7, 11) is 0. The van der Waals surface area contributed by atoms with Crippen molar-refractivity contribution < 1.29 is 0 Å². The highest BCUT2D eigenvalue weighted by molar-refractivity contribution is 9.10. The van der Waals surface area contributed by atoms with Crippen molar-refractivity contribution in [3.8, 4) is 0 Å². The maximum Gasteiger partial charge on any atom is 0.0708 e. The molecule has 0 aliphatic rings. The maximum atomic E-state index is 3.98. The first kappa shape index (κ1) is 10.2. The summed E-state index contributed by atoms with van der Waals surface area (Å²) in [6.07, 6.45) is 2.07. The normalized spacial score (nSPS) is 11.5. The summed E-state index contributed by atoms with van der Waals surface area (Å²) in [6.45, 7) is 7.64. The van der Waals surface area contributed by atoms with Crippen LogP contribution >= 0.6 is 15.9 Å². The van der Waals surface area contributed by atoms with E-state index in [0.717, 1.165) is 15.7 Å². The van der Waals surface area contributed by atoms with Crippen molar-refractivity contribution in [2.75, 3.05) is 0 Å². The van der Waals surface area contributed by atoms with Crippen molar-refractivity contribution >= 4 is 33.9 Å². The van der Waals surface area contributed by atoms with Crippen LogP contribution in [0.1, 0.15) is 19.4 Å². The lowest BCUT2D eigenvalue weighted by Crippen LogP contribution is -1.80. The molecule has 0 aliphatic carbocycles. The summed E-state index contributed by atoms with van der Waals surface area (Å²) in [5.41, 5.74) is 3.28. The Hall–Kier alpha value is -0.890. The molecule has 2 heteroatoms. The number of nitrogens with zero attached hydrogens (tertiary/aromatic N) is 1. The molecule has 0 amide bonds. The molecule has 0 aromatic heterocycles. The molecule has 0 aliphatic heterocycles. The monoisotopic (exact) mass is 237 g/mol. The van der Waals surface area contributed by atoms with E-state index >= 15 is 0 Å². The zero-order valence-electron chi connectivity index (χ0n) is 7.84. The van der Waals surface area contributed by atoms with Crippen LogP contribution in [0.4, 0.5) is 5.69 Å². The molecule has 68 valence electrons. The Morgan fingerprint density at radius 3 is 2.77 bits per heavy atom. The van der Waals surface area contributed by atoms with E-state index in [9.17, 15) is 0 Å². The summed E-state index contributed by atoms with van der Waals surface area (Å²) >= 11 is 3.40. The topological polar surface area (TPSA) is 12.4 Å². The minimum absolute atomic E-state index is 0.921. The average Bonchev–Trinajstić information content (AvgIpc) is 2.16. The first-order chi connectivity index (χ1) is 6.19. The molecule has 0 saturated carbocycles. The average molecular weight is 238 g/mol. The van der Waals surface area contributed by atoms with Crippen molar-refractivity contribution in [3.05, 3.63) is 34.3 Å². The molecule has 1 nitrogen and oxygen atoms in total. The van der Waals surface area contributed by atoms with Crippen molar-refractivity contribution in [1.29, 1.82) is 0 Å². The zero-order chi connectivity index (χ0) is 9.84. The van der Waals surface area contributed by atoms with E-state index in [1.807, 2.05) is 25.1 Å². The fourth-order valence-electron chi connectivity index (χ4n) is 1.12. The van der Waals surface area contributed by atoms with Gasteiger partial charge < -0.3 is 0 Å². The van der Waals surface area contributed by atoms with Gasteiger partial charge in [-0.2, -0.15) is 0 Å². The first-order valence-electron chi connectivity index (χ1n) is 4.08. The van der Waals surface area contributed by atoms with Gasteiger partial charge in [-0.1, -0.05) is 28.1 Å². The van der Waals surface area contributed by atoms with E-state index < -0.39 is 0 Å². The molecular formula is C11H12BrN. The minimum Gasteiger partial charge on any atom is -0.264 e. The van der Waals surface area contributed by atoms with E-state index in [4.69, 9.17) is 0 Å². The number of hydrogen-bond donors (Lipinski definition) is 0. The van der Waals surface area contributed by atoms with Crippen LogP contribution in [0.25, 0.3) is 5.57 Å². The quantitative estimate of drug-likeness (QED) is 0.684. The van der Waals surface area contributed by atoms with Crippen LogP contribution in [-0.2, 0) is 0 Å². The molecule has 0 saturated heterocycles. The van der Waals surface area contributed by atoms with E-state index in [1.165, 1.54) is 5.57 Å². The second-order valence-corrected chi connectivity index (χ2v) is 3.71. The molecule has 1 aromatic carbocycles. The highest BCUT2D eigenvalue weighted by Crippen LogP contribution is 2.28. The molecule has 0 radical (unpaired) electrons. The number of rotatable bonds is 2. The van der Waals surface area contributed by atoms with Gasteiger partial charge in [-0.3, -0.25) is 4.99 Å². The number of hydrogen-bond acceptors (Lipinski definition) is 1. The van der Waals surface area contributed by atoms with Crippen molar-refractivity contribution in [2.24, 2.45) is 4.99 Å². The van der Waals surface area contributed by atoms with Crippen LogP contribution in [0.15, 0.2) is 33.7 Å². The van der Waals surface area contributed by atoms with Crippen LogP contribution in [-0.4, -0.2) is 6.72 Å². The van der Waals surface area contributed by atoms with Gasteiger partial charge in [0.15, 0.2) is 0 Å². The fraction of sp³-hybridized carbons (Fsp3) is 0.182. The third-order valence-electron chi connectivity index (χ3n) is 1.99. The standard InChI is InChI=1S/C11H12BrN/c1-4-8(2)10-6-5-9(12)7-11(10)13-3/h4-7H,3H2,1-2H3/b8-4-. The Balaban J connectivity index is 3.29.